The highest BCUT2D eigenvalue weighted by molar-refractivity contribution is 5.07. The maximum atomic E-state index is 9.70. The molecule has 0 amide bonds. The van der Waals surface area contributed by atoms with Gasteiger partial charge >= 0.3 is 0 Å². The summed E-state index contributed by atoms with van der Waals surface area (Å²) < 4.78 is 6.75. The van der Waals surface area contributed by atoms with Gasteiger partial charge in [-0.05, 0) is 6.42 Å². The Hall–Kier alpha value is -0.870. The topological polar surface area (TPSA) is 47.3 Å². The maximum Gasteiger partial charge on any atom is 0.0842 e. The smallest absolute Gasteiger partial charge is 0.0842 e. The number of methoxy groups -OCH3 is 1. The Balaban J connectivity index is 2.48. The molecule has 0 aromatic carbocycles. The van der Waals surface area contributed by atoms with Crippen LogP contribution in [0.4, 0.5) is 0 Å². The molecule has 1 aromatic rings. The van der Waals surface area contributed by atoms with Crippen LogP contribution in [-0.4, -0.2) is 28.6 Å². The van der Waals surface area contributed by atoms with E-state index in [-0.39, 0.29) is 0 Å². The van der Waals surface area contributed by atoms with E-state index >= 15 is 0 Å². The summed E-state index contributed by atoms with van der Waals surface area (Å²) in [5.74, 6) is 0. The molecule has 0 spiro atoms. The minimum atomic E-state index is -0.458. The Bertz CT molecular complexity index is 260. The highest BCUT2D eigenvalue weighted by Gasteiger charge is 2.09. The number of hydrogen-bond donors (Lipinski definition) is 1. The predicted octanol–water partition coefficient (Wildman–Crippen LogP) is 1.36. The average Bonchev–Trinajstić information content (AvgIpc) is 2.63. The van der Waals surface area contributed by atoms with Crippen LogP contribution in [0, 0.1) is 0 Å². The third kappa shape index (κ3) is 3.12. The molecule has 0 radical (unpaired) electrons. The highest BCUT2D eigenvalue weighted by Crippen LogP contribution is 2.15. The lowest BCUT2D eigenvalue weighted by Crippen LogP contribution is -2.01. The lowest BCUT2D eigenvalue weighted by Gasteiger charge is -2.06. The van der Waals surface area contributed by atoms with Gasteiger partial charge in [0.2, 0.25) is 0 Å². The number of aliphatic hydroxyl groups is 1. The number of aryl methyl sites for hydroxylation is 1. The molecule has 14 heavy (non-hydrogen) atoms. The second-order valence-corrected chi connectivity index (χ2v) is 3.33. The minimum absolute atomic E-state index is 0.458. The van der Waals surface area contributed by atoms with Gasteiger partial charge in [0.15, 0.2) is 0 Å². The summed E-state index contributed by atoms with van der Waals surface area (Å²) in [5, 5.41) is 13.9. The van der Waals surface area contributed by atoms with Crippen LogP contribution in [0.25, 0.3) is 0 Å². The Kier molecular flexibility index (Phi) is 4.62. The second kappa shape index (κ2) is 5.78. The SMILES string of the molecule is CCCn1cc(C(O)CCOC)cn1. The van der Waals surface area contributed by atoms with Crippen LogP contribution >= 0.6 is 0 Å². The van der Waals surface area contributed by atoms with Crippen molar-refractivity contribution in [3.63, 3.8) is 0 Å². The van der Waals surface area contributed by atoms with Gasteiger partial charge in [0, 0.05) is 38.4 Å². The van der Waals surface area contributed by atoms with Crippen molar-refractivity contribution in [2.45, 2.75) is 32.4 Å². The van der Waals surface area contributed by atoms with Gasteiger partial charge in [-0.2, -0.15) is 5.10 Å². The summed E-state index contributed by atoms with van der Waals surface area (Å²) >= 11 is 0. The van der Waals surface area contributed by atoms with E-state index in [1.807, 2.05) is 10.9 Å². The summed E-state index contributed by atoms with van der Waals surface area (Å²) in [6, 6.07) is 0. The molecule has 0 saturated heterocycles. The molecule has 1 atom stereocenters. The first-order chi connectivity index (χ1) is 6.77. The number of hydrogen-bond acceptors (Lipinski definition) is 3. The van der Waals surface area contributed by atoms with Crippen molar-refractivity contribution >= 4 is 0 Å². The van der Waals surface area contributed by atoms with E-state index in [1.54, 1.807) is 13.3 Å². The van der Waals surface area contributed by atoms with Gasteiger partial charge in [-0.3, -0.25) is 4.68 Å². The molecule has 0 aliphatic carbocycles. The van der Waals surface area contributed by atoms with Crippen molar-refractivity contribution < 1.29 is 9.84 Å². The van der Waals surface area contributed by atoms with Gasteiger partial charge in [0.1, 0.15) is 0 Å². The summed E-state index contributed by atoms with van der Waals surface area (Å²) in [6.07, 6.45) is 4.82. The van der Waals surface area contributed by atoms with Crippen molar-refractivity contribution in [3.8, 4) is 0 Å². The number of aliphatic hydroxyl groups excluding tert-OH is 1. The fourth-order valence-corrected chi connectivity index (χ4v) is 1.30. The molecule has 1 N–H and O–H groups in total. The van der Waals surface area contributed by atoms with Gasteiger partial charge < -0.3 is 9.84 Å². The second-order valence-electron chi connectivity index (χ2n) is 3.33. The molecule has 1 heterocycles. The molecule has 4 heteroatoms. The molecular formula is C10H18N2O2. The van der Waals surface area contributed by atoms with E-state index in [0.717, 1.165) is 18.5 Å². The van der Waals surface area contributed by atoms with Gasteiger partial charge in [-0.1, -0.05) is 6.92 Å². The third-order valence-electron chi connectivity index (χ3n) is 2.09. The number of ether oxygens (including phenoxy) is 1. The maximum absolute atomic E-state index is 9.70. The van der Waals surface area contributed by atoms with Crippen LogP contribution in [0.1, 0.15) is 31.4 Å². The Morgan fingerprint density at radius 3 is 3.07 bits per heavy atom. The van der Waals surface area contributed by atoms with Crippen LogP contribution in [-0.2, 0) is 11.3 Å². The molecule has 0 saturated carbocycles. The molecule has 4 nitrogen and oxygen atoms in total. The van der Waals surface area contributed by atoms with E-state index in [2.05, 4.69) is 12.0 Å². The van der Waals surface area contributed by atoms with Crippen LogP contribution in [0.2, 0.25) is 0 Å². The average molecular weight is 198 g/mol. The third-order valence-corrected chi connectivity index (χ3v) is 2.09. The van der Waals surface area contributed by atoms with Gasteiger partial charge in [-0.15, -0.1) is 0 Å². The standard InChI is InChI=1S/C10H18N2O2/c1-3-5-12-8-9(7-11-12)10(13)4-6-14-2/h7-8,10,13H,3-6H2,1-2H3. The monoisotopic (exact) mass is 198 g/mol. The first-order valence-corrected chi connectivity index (χ1v) is 4.97. The minimum Gasteiger partial charge on any atom is -0.388 e. The normalized spacial score (nSPS) is 13.1. The van der Waals surface area contributed by atoms with Gasteiger partial charge in [-0.25, -0.2) is 0 Å². The van der Waals surface area contributed by atoms with Crippen molar-refractivity contribution in [2.24, 2.45) is 0 Å². The lowest BCUT2D eigenvalue weighted by atomic mass is 10.1. The first-order valence-electron chi connectivity index (χ1n) is 4.97. The van der Waals surface area contributed by atoms with E-state index in [1.165, 1.54) is 0 Å². The molecule has 0 aliphatic heterocycles. The molecule has 0 aliphatic rings. The van der Waals surface area contributed by atoms with Crippen molar-refractivity contribution in [3.05, 3.63) is 18.0 Å². The van der Waals surface area contributed by atoms with Crippen molar-refractivity contribution in [2.75, 3.05) is 13.7 Å². The zero-order chi connectivity index (χ0) is 10.4. The number of rotatable bonds is 6. The highest BCUT2D eigenvalue weighted by atomic mass is 16.5. The summed E-state index contributed by atoms with van der Waals surface area (Å²) in [4.78, 5) is 0. The first kappa shape index (κ1) is 11.2. The zero-order valence-electron chi connectivity index (χ0n) is 8.81. The fourth-order valence-electron chi connectivity index (χ4n) is 1.30. The van der Waals surface area contributed by atoms with E-state index in [4.69, 9.17) is 4.74 Å². The van der Waals surface area contributed by atoms with Crippen LogP contribution in [0.5, 0.6) is 0 Å². The molecule has 1 aromatic heterocycles. The van der Waals surface area contributed by atoms with E-state index in [9.17, 15) is 5.11 Å². The van der Waals surface area contributed by atoms with Gasteiger partial charge in [0.05, 0.1) is 12.3 Å². The molecule has 0 fully saturated rings. The lowest BCUT2D eigenvalue weighted by molar-refractivity contribution is 0.110. The quantitative estimate of drug-likeness (QED) is 0.750. The van der Waals surface area contributed by atoms with Crippen LogP contribution in [0.3, 0.4) is 0 Å². The molecule has 80 valence electrons. The zero-order valence-corrected chi connectivity index (χ0v) is 8.81. The number of nitrogens with zero attached hydrogens (tertiary/aromatic N) is 2. The molecule has 1 unspecified atom stereocenters. The number of aromatic nitrogens is 2. The van der Waals surface area contributed by atoms with Crippen molar-refractivity contribution in [1.29, 1.82) is 0 Å². The summed E-state index contributed by atoms with van der Waals surface area (Å²) in [7, 11) is 1.63. The van der Waals surface area contributed by atoms with Crippen LogP contribution < -0.4 is 0 Å². The molecular weight excluding hydrogens is 180 g/mol. The van der Waals surface area contributed by atoms with E-state index in [0.29, 0.717) is 13.0 Å². The Morgan fingerprint density at radius 1 is 1.64 bits per heavy atom. The Labute approximate surface area is 84.5 Å². The summed E-state index contributed by atoms with van der Waals surface area (Å²) in [6.45, 7) is 3.57. The van der Waals surface area contributed by atoms with Crippen LogP contribution in [0.15, 0.2) is 12.4 Å². The molecule has 0 bridgehead atoms. The van der Waals surface area contributed by atoms with Crippen molar-refractivity contribution in [1.82, 2.24) is 9.78 Å². The molecule has 1 rings (SSSR count). The van der Waals surface area contributed by atoms with Gasteiger partial charge in [0.25, 0.3) is 0 Å². The summed E-state index contributed by atoms with van der Waals surface area (Å²) in [5.41, 5.74) is 0.871. The fraction of sp³-hybridized carbons (Fsp3) is 0.700. The largest absolute Gasteiger partial charge is 0.388 e. The van der Waals surface area contributed by atoms with E-state index < -0.39 is 6.10 Å². The Morgan fingerprint density at radius 2 is 2.43 bits per heavy atom. The predicted molar refractivity (Wildman–Crippen MR) is 54.0 cm³/mol.